The number of rotatable bonds is 6. The molecule has 0 spiro atoms. The smallest absolute Gasteiger partial charge is 0.304 e. The summed E-state index contributed by atoms with van der Waals surface area (Å²) in [5.74, 6) is 0.855. The van der Waals surface area contributed by atoms with Gasteiger partial charge in [-0.3, -0.25) is 9.69 Å². The van der Waals surface area contributed by atoms with Gasteiger partial charge in [0.25, 0.3) is 0 Å². The summed E-state index contributed by atoms with van der Waals surface area (Å²) in [6.45, 7) is 7.16. The molecule has 1 atom stereocenters. The number of carboxylic acids is 1. The number of carbonyl (C=O) groups is 1. The van der Waals surface area contributed by atoms with Crippen molar-refractivity contribution in [3.8, 4) is 0 Å². The molecule has 0 aromatic heterocycles. The van der Waals surface area contributed by atoms with Crippen LogP contribution in [0.1, 0.15) is 20.3 Å². The highest BCUT2D eigenvalue weighted by atomic mass is 32.2. The number of hydrogen-bond donors (Lipinski definition) is 1. The van der Waals surface area contributed by atoms with Crippen molar-refractivity contribution in [1.82, 2.24) is 4.90 Å². The van der Waals surface area contributed by atoms with Gasteiger partial charge in [-0.15, -0.1) is 0 Å². The zero-order valence-corrected chi connectivity index (χ0v) is 10.8. The molecule has 0 radical (unpaired) electrons. The zero-order chi connectivity index (χ0) is 12.0. The molecular weight excluding hydrogens is 226 g/mol. The molecule has 0 aliphatic carbocycles. The third kappa shape index (κ3) is 5.18. The molecule has 0 aromatic rings. The van der Waals surface area contributed by atoms with E-state index in [9.17, 15) is 4.79 Å². The van der Waals surface area contributed by atoms with Crippen LogP contribution in [0.5, 0.6) is 0 Å². The molecule has 1 aliphatic heterocycles. The maximum atomic E-state index is 10.3. The van der Waals surface area contributed by atoms with Crippen LogP contribution < -0.4 is 0 Å². The summed E-state index contributed by atoms with van der Waals surface area (Å²) in [4.78, 5) is 12.7. The molecule has 1 aliphatic rings. The summed E-state index contributed by atoms with van der Waals surface area (Å²) in [5, 5.41) is 8.51. The van der Waals surface area contributed by atoms with E-state index in [0.717, 1.165) is 25.4 Å². The van der Waals surface area contributed by atoms with E-state index in [1.54, 1.807) is 11.8 Å². The van der Waals surface area contributed by atoms with Crippen molar-refractivity contribution in [2.24, 2.45) is 0 Å². The minimum Gasteiger partial charge on any atom is -0.481 e. The van der Waals surface area contributed by atoms with Crippen molar-refractivity contribution in [3.63, 3.8) is 0 Å². The second kappa shape index (κ2) is 7.14. The number of nitrogens with zero attached hydrogens (tertiary/aromatic N) is 1. The van der Waals surface area contributed by atoms with Gasteiger partial charge in [-0.2, -0.15) is 11.8 Å². The summed E-state index contributed by atoms with van der Waals surface area (Å²) in [6, 6.07) is 0.565. The summed E-state index contributed by atoms with van der Waals surface area (Å²) >= 11 is 1.67. The van der Waals surface area contributed by atoms with E-state index < -0.39 is 5.97 Å². The Labute approximate surface area is 101 Å². The van der Waals surface area contributed by atoms with Crippen LogP contribution in [-0.2, 0) is 9.53 Å². The minimum atomic E-state index is -0.721. The van der Waals surface area contributed by atoms with Gasteiger partial charge in [0.2, 0.25) is 0 Å². The van der Waals surface area contributed by atoms with Crippen molar-refractivity contribution >= 4 is 17.7 Å². The minimum absolute atomic E-state index is 0.241. The standard InChI is InChI=1S/C11H21NO3S/c1-9(2)12-4-5-15-10(7-12)8-16-6-3-11(13)14/h9-10H,3-8H2,1-2H3,(H,13,14). The van der Waals surface area contributed by atoms with E-state index >= 15 is 0 Å². The predicted octanol–water partition coefficient (Wildman–Crippen LogP) is 1.30. The molecule has 0 saturated carbocycles. The van der Waals surface area contributed by atoms with E-state index in [2.05, 4.69) is 18.7 Å². The predicted molar refractivity (Wildman–Crippen MR) is 66.0 cm³/mol. The van der Waals surface area contributed by atoms with Crippen LogP contribution in [0.3, 0.4) is 0 Å². The molecular formula is C11H21NO3S. The molecule has 1 N–H and O–H groups in total. The molecule has 16 heavy (non-hydrogen) atoms. The van der Waals surface area contributed by atoms with Crippen molar-refractivity contribution in [3.05, 3.63) is 0 Å². The van der Waals surface area contributed by atoms with E-state index in [1.165, 1.54) is 0 Å². The molecule has 1 rings (SSSR count). The molecule has 0 bridgehead atoms. The van der Waals surface area contributed by atoms with Crippen molar-refractivity contribution in [2.75, 3.05) is 31.2 Å². The summed E-state index contributed by atoms with van der Waals surface area (Å²) in [6.07, 6.45) is 0.501. The average Bonchev–Trinajstić information content (AvgIpc) is 2.24. The Bertz CT molecular complexity index is 223. The third-order valence-corrected chi connectivity index (χ3v) is 3.76. The maximum absolute atomic E-state index is 10.3. The second-order valence-electron chi connectivity index (χ2n) is 4.30. The van der Waals surface area contributed by atoms with Gasteiger partial charge in [-0.25, -0.2) is 0 Å². The molecule has 0 amide bonds. The highest BCUT2D eigenvalue weighted by Crippen LogP contribution is 2.14. The lowest BCUT2D eigenvalue weighted by atomic mass is 10.2. The lowest BCUT2D eigenvalue weighted by Gasteiger charge is -2.35. The van der Waals surface area contributed by atoms with Crippen molar-refractivity contribution < 1.29 is 14.6 Å². The lowest BCUT2D eigenvalue weighted by molar-refractivity contribution is -0.136. The molecule has 1 unspecified atom stereocenters. The number of thioether (sulfide) groups is 1. The number of ether oxygens (including phenoxy) is 1. The van der Waals surface area contributed by atoms with Gasteiger partial charge in [0.15, 0.2) is 0 Å². The summed E-state index contributed by atoms with van der Waals surface area (Å²) < 4.78 is 5.66. The van der Waals surface area contributed by atoms with Gasteiger partial charge in [0.1, 0.15) is 0 Å². The van der Waals surface area contributed by atoms with Crippen LogP contribution in [0.4, 0.5) is 0 Å². The maximum Gasteiger partial charge on any atom is 0.304 e. The number of aliphatic carboxylic acids is 1. The average molecular weight is 247 g/mol. The zero-order valence-electron chi connectivity index (χ0n) is 10.0. The molecule has 0 aromatic carbocycles. The first-order valence-electron chi connectivity index (χ1n) is 5.74. The molecule has 1 saturated heterocycles. The Hall–Kier alpha value is -0.260. The Morgan fingerprint density at radius 1 is 1.62 bits per heavy atom. The molecule has 1 fully saturated rings. The van der Waals surface area contributed by atoms with Gasteiger partial charge in [-0.05, 0) is 13.8 Å². The van der Waals surface area contributed by atoms with Crippen LogP contribution in [-0.4, -0.2) is 59.3 Å². The van der Waals surface area contributed by atoms with E-state index in [1.807, 2.05) is 0 Å². The molecule has 5 heteroatoms. The third-order valence-electron chi connectivity index (χ3n) is 2.66. The summed E-state index contributed by atoms with van der Waals surface area (Å²) in [7, 11) is 0. The normalized spacial score (nSPS) is 22.6. The fraction of sp³-hybridized carbons (Fsp3) is 0.909. The fourth-order valence-electron chi connectivity index (χ4n) is 1.69. The van der Waals surface area contributed by atoms with Gasteiger partial charge in [0.05, 0.1) is 19.1 Å². The van der Waals surface area contributed by atoms with Crippen LogP contribution in [0.15, 0.2) is 0 Å². The largest absolute Gasteiger partial charge is 0.481 e. The fourth-order valence-corrected chi connectivity index (χ4v) is 2.64. The van der Waals surface area contributed by atoms with Crippen LogP contribution >= 0.6 is 11.8 Å². The first-order chi connectivity index (χ1) is 7.59. The van der Waals surface area contributed by atoms with Gasteiger partial charge in [-0.1, -0.05) is 0 Å². The Balaban J connectivity index is 2.14. The number of morpholine rings is 1. The van der Waals surface area contributed by atoms with Crippen LogP contribution in [0.25, 0.3) is 0 Å². The molecule has 4 nitrogen and oxygen atoms in total. The van der Waals surface area contributed by atoms with Crippen molar-refractivity contribution in [1.29, 1.82) is 0 Å². The Morgan fingerprint density at radius 3 is 3.00 bits per heavy atom. The van der Waals surface area contributed by atoms with Crippen molar-refractivity contribution in [2.45, 2.75) is 32.4 Å². The quantitative estimate of drug-likeness (QED) is 0.717. The second-order valence-corrected chi connectivity index (χ2v) is 5.45. The van der Waals surface area contributed by atoms with Crippen LogP contribution in [0.2, 0.25) is 0 Å². The highest BCUT2D eigenvalue weighted by Gasteiger charge is 2.21. The lowest BCUT2D eigenvalue weighted by Crippen LogP contribution is -2.46. The van der Waals surface area contributed by atoms with E-state index in [4.69, 9.17) is 9.84 Å². The first kappa shape index (κ1) is 13.8. The van der Waals surface area contributed by atoms with Crippen LogP contribution in [0, 0.1) is 0 Å². The van der Waals surface area contributed by atoms with Gasteiger partial charge in [0, 0.05) is 30.6 Å². The van der Waals surface area contributed by atoms with Gasteiger partial charge >= 0.3 is 5.97 Å². The van der Waals surface area contributed by atoms with E-state index in [-0.39, 0.29) is 12.5 Å². The van der Waals surface area contributed by atoms with E-state index in [0.29, 0.717) is 11.8 Å². The highest BCUT2D eigenvalue weighted by molar-refractivity contribution is 7.99. The molecule has 94 valence electrons. The monoisotopic (exact) mass is 247 g/mol. The first-order valence-corrected chi connectivity index (χ1v) is 6.90. The molecule has 1 heterocycles. The van der Waals surface area contributed by atoms with Gasteiger partial charge < -0.3 is 9.84 Å². The SMILES string of the molecule is CC(C)N1CCOC(CSCCC(=O)O)C1. The Morgan fingerprint density at radius 2 is 2.38 bits per heavy atom. The topological polar surface area (TPSA) is 49.8 Å². The summed E-state index contributed by atoms with van der Waals surface area (Å²) in [5.41, 5.74) is 0. The number of carboxylic acid groups (broad SMARTS) is 1. The number of hydrogen-bond acceptors (Lipinski definition) is 4. The Kier molecular flexibility index (Phi) is 6.16.